The van der Waals surface area contributed by atoms with Crippen LogP contribution in [0.2, 0.25) is 5.02 Å². The maximum atomic E-state index is 13.3. The molecule has 3 aromatic rings. The number of hydrogen-bond donors (Lipinski definition) is 1. The van der Waals surface area contributed by atoms with Crippen LogP contribution in [0, 0.1) is 5.92 Å². The Balaban J connectivity index is 1.22. The van der Waals surface area contributed by atoms with Gasteiger partial charge in [0.15, 0.2) is 0 Å². The summed E-state index contributed by atoms with van der Waals surface area (Å²) in [5.74, 6) is -0.552. The van der Waals surface area contributed by atoms with Gasteiger partial charge in [0.1, 0.15) is 0 Å². The number of carbonyl (C=O) groups excluding carboxylic acids is 3. The van der Waals surface area contributed by atoms with Gasteiger partial charge in [-0.05, 0) is 66.8 Å². The molecule has 0 atom stereocenters. The Morgan fingerprint density at radius 2 is 1.72 bits per heavy atom. The van der Waals surface area contributed by atoms with Gasteiger partial charge in [-0.3, -0.25) is 24.3 Å². The Labute approximate surface area is 215 Å². The molecule has 184 valence electrons. The Morgan fingerprint density at radius 3 is 2.47 bits per heavy atom. The topological polar surface area (TPSA) is 82.6 Å². The summed E-state index contributed by atoms with van der Waals surface area (Å²) >= 11 is 6.07. The lowest BCUT2D eigenvalue weighted by Crippen LogP contribution is -2.41. The molecule has 0 unspecified atom stereocenters. The number of benzene rings is 2. The second-order valence-electron chi connectivity index (χ2n) is 9.18. The van der Waals surface area contributed by atoms with Crippen molar-refractivity contribution in [2.24, 2.45) is 5.92 Å². The number of hydrogen-bond acceptors (Lipinski definition) is 5. The van der Waals surface area contributed by atoms with E-state index in [4.69, 9.17) is 11.6 Å². The van der Waals surface area contributed by atoms with Crippen LogP contribution in [0.4, 0.5) is 5.69 Å². The number of nitrogens with one attached hydrogen (secondary N) is 1. The molecule has 0 bridgehead atoms. The zero-order valence-electron chi connectivity index (χ0n) is 19.8. The van der Waals surface area contributed by atoms with Gasteiger partial charge in [-0.15, -0.1) is 0 Å². The van der Waals surface area contributed by atoms with Gasteiger partial charge < -0.3 is 10.2 Å². The van der Waals surface area contributed by atoms with E-state index in [0.717, 1.165) is 16.8 Å². The van der Waals surface area contributed by atoms with Crippen LogP contribution >= 0.6 is 11.6 Å². The molecule has 7 nitrogen and oxygen atoms in total. The molecule has 5 rings (SSSR count). The van der Waals surface area contributed by atoms with Gasteiger partial charge in [0.05, 0.1) is 16.8 Å². The maximum absolute atomic E-state index is 13.3. The first-order valence-electron chi connectivity index (χ1n) is 12.2. The number of halogens is 1. The summed E-state index contributed by atoms with van der Waals surface area (Å²) in [6.45, 7) is 2.07. The van der Waals surface area contributed by atoms with Gasteiger partial charge in [0.25, 0.3) is 11.8 Å². The van der Waals surface area contributed by atoms with Crippen molar-refractivity contribution in [3.8, 4) is 0 Å². The number of nitrogens with zero attached hydrogens (tertiary/aromatic N) is 3. The molecule has 1 saturated heterocycles. The molecular formula is C28H27ClN4O3. The zero-order valence-corrected chi connectivity index (χ0v) is 20.6. The molecule has 0 spiro atoms. The second kappa shape index (κ2) is 10.5. The molecule has 36 heavy (non-hydrogen) atoms. The Hall–Kier alpha value is -3.71. The number of aromatic nitrogens is 1. The molecule has 0 saturated carbocycles. The van der Waals surface area contributed by atoms with E-state index in [9.17, 15) is 14.4 Å². The van der Waals surface area contributed by atoms with Crippen LogP contribution in [0.5, 0.6) is 0 Å². The van der Waals surface area contributed by atoms with Gasteiger partial charge in [-0.2, -0.15) is 0 Å². The first kappa shape index (κ1) is 24.0. The van der Waals surface area contributed by atoms with Crippen molar-refractivity contribution in [2.45, 2.75) is 25.8 Å². The normalized spacial score (nSPS) is 15.8. The van der Waals surface area contributed by atoms with Crippen molar-refractivity contribution in [1.82, 2.24) is 15.2 Å². The first-order valence-corrected chi connectivity index (χ1v) is 12.5. The lowest BCUT2D eigenvalue weighted by atomic mass is 9.94. The van der Waals surface area contributed by atoms with E-state index < -0.39 is 0 Å². The number of fused-ring (bicyclic) bond motifs is 1. The number of piperidine rings is 1. The summed E-state index contributed by atoms with van der Waals surface area (Å²) in [5, 5.41) is 3.65. The fraction of sp³-hybridized carbons (Fsp3) is 0.286. The summed E-state index contributed by atoms with van der Waals surface area (Å²) in [4.78, 5) is 46.5. The van der Waals surface area contributed by atoms with Crippen LogP contribution in [-0.4, -0.2) is 47.2 Å². The quantitative estimate of drug-likeness (QED) is 0.492. The standard InChI is InChI=1S/C28H27ClN4O3/c29-22-4-1-3-19(17-22)9-16-33-27(35)23-5-2-6-24(25(23)28(33)36)32-14-10-21(11-15-32)26(34)31-18-20-7-12-30-13-8-20/h1-8,12-13,17,21H,9-11,14-16,18H2,(H,31,34). The molecule has 3 amide bonds. The zero-order chi connectivity index (χ0) is 25.1. The summed E-state index contributed by atoms with van der Waals surface area (Å²) in [6.07, 6.45) is 5.34. The van der Waals surface area contributed by atoms with Crippen LogP contribution in [0.3, 0.4) is 0 Å². The first-order chi connectivity index (χ1) is 17.5. The van der Waals surface area contributed by atoms with Crippen LogP contribution < -0.4 is 10.2 Å². The third-order valence-electron chi connectivity index (χ3n) is 6.91. The largest absolute Gasteiger partial charge is 0.371 e. The SMILES string of the molecule is O=C(NCc1ccncc1)C1CCN(c2cccc3c2C(=O)N(CCc2cccc(Cl)c2)C3=O)CC1. The molecule has 8 heteroatoms. The molecule has 1 N–H and O–H groups in total. The van der Waals surface area contributed by atoms with Crippen molar-refractivity contribution < 1.29 is 14.4 Å². The predicted molar refractivity (Wildman–Crippen MR) is 138 cm³/mol. The van der Waals surface area contributed by atoms with E-state index in [1.54, 1.807) is 24.5 Å². The smallest absolute Gasteiger partial charge is 0.263 e. The number of imide groups is 1. The Kier molecular flexibility index (Phi) is 7.00. The minimum absolute atomic E-state index is 0.0446. The van der Waals surface area contributed by atoms with Gasteiger partial charge in [-0.1, -0.05) is 29.8 Å². The minimum atomic E-state index is -0.260. The highest BCUT2D eigenvalue weighted by atomic mass is 35.5. The van der Waals surface area contributed by atoms with Crippen molar-refractivity contribution in [3.63, 3.8) is 0 Å². The van der Waals surface area contributed by atoms with Crippen molar-refractivity contribution in [2.75, 3.05) is 24.5 Å². The van der Waals surface area contributed by atoms with Crippen molar-refractivity contribution in [3.05, 3.63) is 94.3 Å². The van der Waals surface area contributed by atoms with Crippen molar-refractivity contribution in [1.29, 1.82) is 0 Å². The van der Waals surface area contributed by atoms with Crippen LogP contribution in [0.1, 0.15) is 44.7 Å². The average molecular weight is 503 g/mol. The molecule has 2 aromatic carbocycles. The molecule has 0 radical (unpaired) electrons. The molecule has 1 fully saturated rings. The van der Waals surface area contributed by atoms with Crippen molar-refractivity contribution >= 4 is 35.0 Å². The molecule has 3 heterocycles. The molecule has 2 aliphatic heterocycles. The average Bonchev–Trinajstić information content (AvgIpc) is 3.16. The van der Waals surface area contributed by atoms with Gasteiger partial charge in [0, 0.05) is 49.5 Å². The van der Waals surface area contributed by atoms with Crippen LogP contribution in [-0.2, 0) is 17.8 Å². The van der Waals surface area contributed by atoms with Gasteiger partial charge in [0.2, 0.25) is 5.91 Å². The summed E-state index contributed by atoms with van der Waals surface area (Å²) in [5.41, 5.74) is 3.67. The Bertz CT molecular complexity index is 1290. The summed E-state index contributed by atoms with van der Waals surface area (Å²) in [7, 11) is 0. The summed E-state index contributed by atoms with van der Waals surface area (Å²) < 4.78 is 0. The molecule has 1 aromatic heterocycles. The lowest BCUT2D eigenvalue weighted by molar-refractivity contribution is -0.125. The lowest BCUT2D eigenvalue weighted by Gasteiger charge is -2.33. The molecule has 2 aliphatic rings. The Morgan fingerprint density at radius 1 is 0.972 bits per heavy atom. The minimum Gasteiger partial charge on any atom is -0.371 e. The van der Waals surface area contributed by atoms with E-state index in [0.29, 0.717) is 61.6 Å². The highest BCUT2D eigenvalue weighted by molar-refractivity contribution is 6.30. The molecular weight excluding hydrogens is 476 g/mol. The fourth-order valence-electron chi connectivity index (χ4n) is 4.93. The number of carbonyl (C=O) groups is 3. The van der Waals surface area contributed by atoms with Crippen LogP contribution in [0.15, 0.2) is 67.0 Å². The van der Waals surface area contributed by atoms with E-state index in [1.807, 2.05) is 42.5 Å². The highest BCUT2D eigenvalue weighted by Gasteiger charge is 2.38. The monoisotopic (exact) mass is 502 g/mol. The van der Waals surface area contributed by atoms with Crippen LogP contribution in [0.25, 0.3) is 0 Å². The number of pyridine rings is 1. The van der Waals surface area contributed by atoms with E-state index in [-0.39, 0.29) is 23.6 Å². The third-order valence-corrected chi connectivity index (χ3v) is 7.15. The van der Waals surface area contributed by atoms with E-state index in [1.165, 1.54) is 4.90 Å². The number of anilines is 1. The third kappa shape index (κ3) is 4.97. The van der Waals surface area contributed by atoms with Gasteiger partial charge in [-0.25, -0.2) is 0 Å². The van der Waals surface area contributed by atoms with E-state index in [2.05, 4.69) is 15.2 Å². The second-order valence-corrected chi connectivity index (χ2v) is 9.61. The maximum Gasteiger partial charge on any atom is 0.263 e. The fourth-order valence-corrected chi connectivity index (χ4v) is 5.15. The number of amides is 3. The highest BCUT2D eigenvalue weighted by Crippen LogP contribution is 2.34. The van der Waals surface area contributed by atoms with E-state index >= 15 is 0 Å². The van der Waals surface area contributed by atoms with Gasteiger partial charge >= 0.3 is 0 Å². The predicted octanol–water partition coefficient (Wildman–Crippen LogP) is 4.11. The summed E-state index contributed by atoms with van der Waals surface area (Å²) in [6, 6.07) is 16.7. The molecule has 0 aliphatic carbocycles. The number of rotatable bonds is 7.